The first-order valence-electron chi connectivity index (χ1n) is 5.69. The third-order valence-corrected chi connectivity index (χ3v) is 3.17. The van der Waals surface area contributed by atoms with Crippen LogP contribution in [0.3, 0.4) is 0 Å². The van der Waals surface area contributed by atoms with Crippen LogP contribution in [-0.2, 0) is 4.79 Å². The number of rotatable bonds is 2. The lowest BCUT2D eigenvalue weighted by Gasteiger charge is -2.23. The first-order valence-corrected chi connectivity index (χ1v) is 6.07. The molecule has 1 heterocycles. The molecule has 0 spiro atoms. The Morgan fingerprint density at radius 2 is 2.05 bits per heavy atom. The quantitative estimate of drug-likeness (QED) is 0.813. The topological polar surface area (TPSA) is 58.2 Å². The summed E-state index contributed by atoms with van der Waals surface area (Å²) >= 11 is 5.70. The van der Waals surface area contributed by atoms with Gasteiger partial charge in [-0.15, -0.1) is 0 Å². The lowest BCUT2D eigenvalue weighted by Crippen LogP contribution is -2.47. The van der Waals surface area contributed by atoms with Gasteiger partial charge in [0, 0.05) is 19.0 Å². The van der Waals surface area contributed by atoms with Crippen LogP contribution in [-0.4, -0.2) is 24.4 Å². The molecule has 0 saturated carbocycles. The molecule has 1 aromatic rings. The van der Waals surface area contributed by atoms with Crippen molar-refractivity contribution in [3.05, 3.63) is 34.4 Å². The summed E-state index contributed by atoms with van der Waals surface area (Å²) in [4.78, 5) is 22.8. The fraction of sp³-hybridized carbons (Fsp3) is 0.333. The van der Waals surface area contributed by atoms with E-state index in [1.54, 1.807) is 0 Å². The number of benzene rings is 1. The molecular formula is C12H11ClF2N2O2. The molecule has 0 radical (unpaired) electrons. The maximum atomic E-state index is 13.1. The maximum Gasteiger partial charge on any atom is 0.253 e. The Hall–Kier alpha value is -1.69. The Kier molecular flexibility index (Phi) is 3.99. The van der Waals surface area contributed by atoms with Gasteiger partial charge < -0.3 is 10.6 Å². The average Bonchev–Trinajstić information content (AvgIpc) is 2.36. The van der Waals surface area contributed by atoms with Gasteiger partial charge in [0.05, 0.1) is 10.6 Å². The Morgan fingerprint density at radius 1 is 1.37 bits per heavy atom. The van der Waals surface area contributed by atoms with Crippen LogP contribution in [0.5, 0.6) is 0 Å². The number of hydrogen-bond donors (Lipinski definition) is 2. The second-order valence-corrected chi connectivity index (χ2v) is 4.67. The zero-order chi connectivity index (χ0) is 14.0. The SMILES string of the molecule is O=C1CCC(NC(=O)c2cc(F)c(F)cc2Cl)CN1. The van der Waals surface area contributed by atoms with Crippen molar-refractivity contribution in [2.75, 3.05) is 6.54 Å². The van der Waals surface area contributed by atoms with Crippen molar-refractivity contribution in [1.29, 1.82) is 0 Å². The van der Waals surface area contributed by atoms with Crippen molar-refractivity contribution in [3.8, 4) is 0 Å². The van der Waals surface area contributed by atoms with E-state index in [2.05, 4.69) is 10.6 Å². The van der Waals surface area contributed by atoms with Crippen LogP contribution in [0, 0.1) is 11.6 Å². The van der Waals surface area contributed by atoms with Crippen LogP contribution < -0.4 is 10.6 Å². The van der Waals surface area contributed by atoms with E-state index in [1.165, 1.54) is 0 Å². The van der Waals surface area contributed by atoms with Crippen LogP contribution in [0.1, 0.15) is 23.2 Å². The van der Waals surface area contributed by atoms with E-state index in [0.29, 0.717) is 19.4 Å². The highest BCUT2D eigenvalue weighted by Crippen LogP contribution is 2.20. The Balaban J connectivity index is 2.08. The first kappa shape index (κ1) is 13.7. The molecule has 0 bridgehead atoms. The highest BCUT2D eigenvalue weighted by Gasteiger charge is 2.22. The lowest BCUT2D eigenvalue weighted by atomic mass is 10.1. The van der Waals surface area contributed by atoms with E-state index in [9.17, 15) is 18.4 Å². The van der Waals surface area contributed by atoms with Gasteiger partial charge in [0.1, 0.15) is 0 Å². The number of carbonyl (C=O) groups is 2. The summed E-state index contributed by atoms with van der Waals surface area (Å²) in [6.07, 6.45) is 0.815. The van der Waals surface area contributed by atoms with Gasteiger partial charge in [-0.05, 0) is 18.6 Å². The molecule has 2 amide bonds. The van der Waals surface area contributed by atoms with Crippen molar-refractivity contribution < 1.29 is 18.4 Å². The number of nitrogens with one attached hydrogen (secondary N) is 2. The van der Waals surface area contributed by atoms with E-state index >= 15 is 0 Å². The summed E-state index contributed by atoms with van der Waals surface area (Å²) < 4.78 is 26.0. The van der Waals surface area contributed by atoms with E-state index in [4.69, 9.17) is 11.6 Å². The van der Waals surface area contributed by atoms with Gasteiger partial charge in [-0.1, -0.05) is 11.6 Å². The maximum absolute atomic E-state index is 13.1. The largest absolute Gasteiger partial charge is 0.354 e. The summed E-state index contributed by atoms with van der Waals surface area (Å²) in [6.45, 7) is 0.311. The van der Waals surface area contributed by atoms with Gasteiger partial charge in [-0.2, -0.15) is 0 Å². The smallest absolute Gasteiger partial charge is 0.253 e. The molecule has 102 valence electrons. The van der Waals surface area contributed by atoms with E-state index < -0.39 is 17.5 Å². The fourth-order valence-electron chi connectivity index (χ4n) is 1.82. The van der Waals surface area contributed by atoms with Crippen LogP contribution in [0.15, 0.2) is 12.1 Å². The molecule has 4 nitrogen and oxygen atoms in total. The number of hydrogen-bond acceptors (Lipinski definition) is 2. The normalized spacial score (nSPS) is 18.9. The van der Waals surface area contributed by atoms with Gasteiger partial charge >= 0.3 is 0 Å². The lowest BCUT2D eigenvalue weighted by molar-refractivity contribution is -0.122. The van der Waals surface area contributed by atoms with Crippen LogP contribution in [0.2, 0.25) is 5.02 Å². The molecule has 1 aliphatic rings. The Morgan fingerprint density at radius 3 is 2.68 bits per heavy atom. The molecule has 1 fully saturated rings. The zero-order valence-electron chi connectivity index (χ0n) is 9.80. The van der Waals surface area contributed by atoms with Crippen molar-refractivity contribution in [2.45, 2.75) is 18.9 Å². The van der Waals surface area contributed by atoms with Gasteiger partial charge in [0.2, 0.25) is 5.91 Å². The molecule has 0 aliphatic carbocycles. The minimum atomic E-state index is -1.13. The monoisotopic (exact) mass is 288 g/mol. The van der Waals surface area contributed by atoms with Crippen LogP contribution >= 0.6 is 11.6 Å². The highest BCUT2D eigenvalue weighted by molar-refractivity contribution is 6.33. The first-order chi connectivity index (χ1) is 8.97. The van der Waals surface area contributed by atoms with Crippen molar-refractivity contribution in [3.63, 3.8) is 0 Å². The Bertz CT molecular complexity index is 527. The fourth-order valence-corrected chi connectivity index (χ4v) is 2.05. The van der Waals surface area contributed by atoms with Crippen molar-refractivity contribution >= 4 is 23.4 Å². The van der Waals surface area contributed by atoms with Gasteiger partial charge in [-0.25, -0.2) is 8.78 Å². The second-order valence-electron chi connectivity index (χ2n) is 4.26. The van der Waals surface area contributed by atoms with Gasteiger partial charge in [0.25, 0.3) is 5.91 Å². The minimum absolute atomic E-state index is 0.0728. The molecule has 19 heavy (non-hydrogen) atoms. The summed E-state index contributed by atoms with van der Waals surface area (Å²) in [7, 11) is 0. The molecule has 1 aromatic carbocycles. The van der Waals surface area contributed by atoms with Gasteiger partial charge in [0.15, 0.2) is 11.6 Å². The van der Waals surface area contributed by atoms with Gasteiger partial charge in [-0.3, -0.25) is 9.59 Å². The zero-order valence-corrected chi connectivity index (χ0v) is 10.6. The summed E-state index contributed by atoms with van der Waals surface area (Å²) in [5, 5.41) is 5.06. The summed E-state index contributed by atoms with van der Waals surface area (Å²) in [5.41, 5.74) is -0.127. The van der Waals surface area contributed by atoms with E-state index in [1.807, 2.05) is 0 Å². The third kappa shape index (κ3) is 3.20. The molecule has 1 atom stereocenters. The number of amides is 2. The molecular weight excluding hydrogens is 278 g/mol. The van der Waals surface area contributed by atoms with Crippen molar-refractivity contribution in [1.82, 2.24) is 10.6 Å². The standard InChI is InChI=1S/C12H11ClF2N2O2/c13-8-4-10(15)9(14)3-7(8)12(19)17-6-1-2-11(18)16-5-6/h3-4,6H,1-2,5H2,(H,16,18)(H,17,19). The number of halogens is 3. The predicted molar refractivity (Wildman–Crippen MR) is 64.9 cm³/mol. The number of carbonyl (C=O) groups excluding carboxylic acids is 2. The third-order valence-electron chi connectivity index (χ3n) is 2.86. The van der Waals surface area contributed by atoms with Crippen LogP contribution in [0.25, 0.3) is 0 Å². The van der Waals surface area contributed by atoms with Crippen molar-refractivity contribution in [2.24, 2.45) is 0 Å². The van der Waals surface area contributed by atoms with Crippen LogP contribution in [0.4, 0.5) is 8.78 Å². The minimum Gasteiger partial charge on any atom is -0.354 e. The average molecular weight is 289 g/mol. The highest BCUT2D eigenvalue weighted by atomic mass is 35.5. The molecule has 2 rings (SSSR count). The number of piperidine rings is 1. The molecule has 2 N–H and O–H groups in total. The molecule has 1 aliphatic heterocycles. The summed E-state index contributed by atoms with van der Waals surface area (Å²) in [6, 6.07) is 1.28. The molecule has 0 aromatic heterocycles. The second kappa shape index (κ2) is 5.52. The molecule has 1 unspecified atom stereocenters. The Labute approximate surface area is 113 Å². The molecule has 1 saturated heterocycles. The van der Waals surface area contributed by atoms with E-state index in [-0.39, 0.29) is 22.5 Å². The molecule has 7 heteroatoms. The summed E-state index contributed by atoms with van der Waals surface area (Å²) in [5.74, 6) is -2.90. The predicted octanol–water partition coefficient (Wildman–Crippen LogP) is 1.63. The van der Waals surface area contributed by atoms with E-state index in [0.717, 1.165) is 12.1 Å².